The SMILES string of the molecule is O=C(O)CCC(CNc1ccncc1NCC(CCC(=O)O)C(=O)O)C(=O)O. The Balaban J connectivity index is 2.72. The molecule has 0 aliphatic carbocycles. The van der Waals surface area contributed by atoms with Gasteiger partial charge in [0.1, 0.15) is 0 Å². The Labute approximate surface area is 160 Å². The van der Waals surface area contributed by atoms with E-state index in [4.69, 9.17) is 10.2 Å². The van der Waals surface area contributed by atoms with Gasteiger partial charge in [-0.25, -0.2) is 0 Å². The van der Waals surface area contributed by atoms with E-state index >= 15 is 0 Å². The third-order valence-corrected chi connectivity index (χ3v) is 4.01. The molecule has 0 amide bonds. The molecule has 1 heterocycles. The van der Waals surface area contributed by atoms with Gasteiger partial charge in [-0.1, -0.05) is 0 Å². The Morgan fingerprint density at radius 1 is 0.821 bits per heavy atom. The minimum absolute atomic E-state index is 0.0251. The van der Waals surface area contributed by atoms with Crippen molar-refractivity contribution in [1.82, 2.24) is 4.98 Å². The van der Waals surface area contributed by atoms with Crippen molar-refractivity contribution in [3.05, 3.63) is 18.5 Å². The van der Waals surface area contributed by atoms with Crippen molar-refractivity contribution in [2.75, 3.05) is 23.7 Å². The van der Waals surface area contributed by atoms with Crippen molar-refractivity contribution in [1.29, 1.82) is 0 Å². The van der Waals surface area contributed by atoms with Crippen LogP contribution in [-0.4, -0.2) is 62.4 Å². The number of nitrogens with one attached hydrogen (secondary N) is 2. The van der Waals surface area contributed by atoms with E-state index in [9.17, 15) is 29.4 Å². The van der Waals surface area contributed by atoms with Gasteiger partial charge in [-0.15, -0.1) is 0 Å². The summed E-state index contributed by atoms with van der Waals surface area (Å²) in [5, 5.41) is 41.6. The lowest BCUT2D eigenvalue weighted by molar-refractivity contribution is -0.144. The molecular weight excluding hydrogens is 374 g/mol. The highest BCUT2D eigenvalue weighted by Crippen LogP contribution is 2.22. The van der Waals surface area contributed by atoms with Crippen molar-refractivity contribution in [2.45, 2.75) is 25.7 Å². The highest BCUT2D eigenvalue weighted by Gasteiger charge is 2.21. The van der Waals surface area contributed by atoms with E-state index in [1.165, 1.54) is 12.4 Å². The monoisotopic (exact) mass is 397 g/mol. The first-order valence-electron chi connectivity index (χ1n) is 8.51. The number of carboxylic acids is 4. The second-order valence-corrected chi connectivity index (χ2v) is 6.12. The number of anilines is 2. The molecule has 0 saturated carbocycles. The lowest BCUT2D eigenvalue weighted by Gasteiger charge is -2.18. The lowest BCUT2D eigenvalue weighted by atomic mass is 10.0. The highest BCUT2D eigenvalue weighted by molar-refractivity contribution is 5.75. The molecule has 0 aromatic carbocycles. The van der Waals surface area contributed by atoms with Crippen LogP contribution in [0.25, 0.3) is 0 Å². The first-order chi connectivity index (χ1) is 13.2. The maximum atomic E-state index is 11.3. The molecule has 0 fully saturated rings. The molecule has 1 aromatic heterocycles. The smallest absolute Gasteiger partial charge is 0.308 e. The number of hydrogen-bond acceptors (Lipinski definition) is 7. The molecule has 0 saturated heterocycles. The number of carboxylic acid groups (broad SMARTS) is 4. The second-order valence-electron chi connectivity index (χ2n) is 6.12. The number of aromatic nitrogens is 1. The molecule has 0 radical (unpaired) electrons. The van der Waals surface area contributed by atoms with Gasteiger partial charge in [-0.3, -0.25) is 24.2 Å². The third kappa shape index (κ3) is 8.34. The minimum Gasteiger partial charge on any atom is -0.481 e. The summed E-state index contributed by atoms with van der Waals surface area (Å²) >= 11 is 0. The maximum absolute atomic E-state index is 11.3. The first-order valence-corrected chi connectivity index (χ1v) is 8.51. The molecule has 11 nitrogen and oxygen atoms in total. The van der Waals surface area contributed by atoms with E-state index in [2.05, 4.69) is 15.6 Å². The number of rotatable bonds is 14. The fourth-order valence-electron chi connectivity index (χ4n) is 2.38. The van der Waals surface area contributed by atoms with Crippen LogP contribution in [-0.2, 0) is 19.2 Å². The van der Waals surface area contributed by atoms with Gasteiger partial charge in [-0.05, 0) is 18.9 Å². The van der Waals surface area contributed by atoms with Crippen LogP contribution >= 0.6 is 0 Å². The van der Waals surface area contributed by atoms with Gasteiger partial charge in [0.2, 0.25) is 0 Å². The van der Waals surface area contributed by atoms with Crippen molar-refractivity contribution >= 4 is 35.3 Å². The number of hydrogen-bond donors (Lipinski definition) is 6. The van der Waals surface area contributed by atoms with Crippen LogP contribution < -0.4 is 10.6 Å². The minimum atomic E-state index is -1.13. The van der Waals surface area contributed by atoms with Gasteiger partial charge in [-0.2, -0.15) is 0 Å². The molecule has 2 atom stereocenters. The fourth-order valence-corrected chi connectivity index (χ4v) is 2.38. The lowest BCUT2D eigenvalue weighted by Crippen LogP contribution is -2.25. The number of nitrogens with zero attached hydrogens (tertiary/aromatic N) is 1. The van der Waals surface area contributed by atoms with Crippen LogP contribution in [0.1, 0.15) is 25.7 Å². The Bertz CT molecular complexity index is 650. The van der Waals surface area contributed by atoms with Crippen LogP contribution in [0, 0.1) is 11.8 Å². The van der Waals surface area contributed by atoms with Gasteiger partial charge >= 0.3 is 23.9 Å². The molecule has 154 valence electrons. The number of aliphatic carboxylic acids is 4. The van der Waals surface area contributed by atoms with Crippen molar-refractivity contribution in [3.63, 3.8) is 0 Å². The van der Waals surface area contributed by atoms with Gasteiger partial charge in [0, 0.05) is 32.1 Å². The van der Waals surface area contributed by atoms with Crippen LogP contribution in [0.4, 0.5) is 11.4 Å². The molecular formula is C17H23N3O8. The zero-order valence-corrected chi connectivity index (χ0v) is 15.0. The van der Waals surface area contributed by atoms with Gasteiger partial charge in [0.05, 0.1) is 29.4 Å². The maximum Gasteiger partial charge on any atom is 0.308 e. The Morgan fingerprint density at radius 2 is 1.29 bits per heavy atom. The third-order valence-electron chi connectivity index (χ3n) is 4.01. The van der Waals surface area contributed by atoms with Gasteiger partial charge in [0.25, 0.3) is 0 Å². The predicted molar refractivity (Wildman–Crippen MR) is 97.2 cm³/mol. The predicted octanol–water partition coefficient (Wildman–Crippen LogP) is 1.04. The fraction of sp³-hybridized carbons (Fsp3) is 0.471. The Morgan fingerprint density at radius 3 is 1.71 bits per heavy atom. The summed E-state index contributed by atoms with van der Waals surface area (Å²) in [6.45, 7) is -0.0625. The molecule has 6 N–H and O–H groups in total. The van der Waals surface area contributed by atoms with Crippen molar-refractivity contribution in [3.8, 4) is 0 Å². The van der Waals surface area contributed by atoms with Crippen molar-refractivity contribution in [2.24, 2.45) is 11.8 Å². The molecule has 0 aliphatic heterocycles. The summed E-state index contributed by atoms with van der Waals surface area (Å²) in [4.78, 5) is 47.7. The molecule has 2 unspecified atom stereocenters. The molecule has 0 bridgehead atoms. The molecule has 11 heteroatoms. The van der Waals surface area contributed by atoms with Crippen LogP contribution in [0.5, 0.6) is 0 Å². The standard InChI is InChI=1S/C17H23N3O8/c21-14(22)3-1-10(16(25)26)7-19-12-5-6-18-9-13(12)20-8-11(17(27)28)2-4-15(23)24/h5-6,9-11,20H,1-4,7-8H2,(H,18,19)(H,21,22)(H,23,24)(H,25,26)(H,27,28). The quantitative estimate of drug-likeness (QED) is 0.263. The van der Waals surface area contributed by atoms with Crippen molar-refractivity contribution < 1.29 is 39.6 Å². The Kier molecular flexibility index (Phi) is 9.20. The van der Waals surface area contributed by atoms with E-state index in [1.54, 1.807) is 6.07 Å². The Hall–Kier alpha value is -3.37. The summed E-state index contributed by atoms with van der Waals surface area (Å²) in [6, 6.07) is 1.56. The molecule has 1 aromatic rings. The second kappa shape index (κ2) is 11.4. The molecule has 0 aliphatic rings. The van der Waals surface area contributed by atoms with Crippen LogP contribution in [0.15, 0.2) is 18.5 Å². The zero-order chi connectivity index (χ0) is 21.1. The molecule has 28 heavy (non-hydrogen) atoms. The first kappa shape index (κ1) is 22.7. The average molecular weight is 397 g/mol. The van der Waals surface area contributed by atoms with E-state index in [-0.39, 0.29) is 38.8 Å². The van der Waals surface area contributed by atoms with E-state index in [0.29, 0.717) is 11.4 Å². The highest BCUT2D eigenvalue weighted by atomic mass is 16.4. The molecule has 0 spiro atoms. The summed E-state index contributed by atoms with van der Waals surface area (Å²) in [7, 11) is 0. The zero-order valence-electron chi connectivity index (χ0n) is 15.0. The summed E-state index contributed by atoms with van der Waals surface area (Å²) < 4.78 is 0. The summed E-state index contributed by atoms with van der Waals surface area (Å²) in [6.07, 6.45) is 2.24. The normalized spacial score (nSPS) is 12.6. The number of carbonyl (C=O) groups is 4. The van der Waals surface area contributed by atoms with Crippen LogP contribution in [0.3, 0.4) is 0 Å². The number of pyridine rings is 1. The van der Waals surface area contributed by atoms with E-state index in [1.807, 2.05) is 0 Å². The van der Waals surface area contributed by atoms with E-state index in [0.717, 1.165) is 0 Å². The van der Waals surface area contributed by atoms with Crippen LogP contribution in [0.2, 0.25) is 0 Å². The molecule has 1 rings (SSSR count). The van der Waals surface area contributed by atoms with Gasteiger partial charge in [0.15, 0.2) is 0 Å². The summed E-state index contributed by atoms with van der Waals surface area (Å²) in [5.74, 6) is -6.27. The van der Waals surface area contributed by atoms with Gasteiger partial charge < -0.3 is 31.1 Å². The average Bonchev–Trinajstić information content (AvgIpc) is 2.61. The summed E-state index contributed by atoms with van der Waals surface area (Å²) in [5.41, 5.74) is 0.894. The topological polar surface area (TPSA) is 186 Å². The largest absolute Gasteiger partial charge is 0.481 e. The van der Waals surface area contributed by atoms with E-state index < -0.39 is 35.7 Å².